The van der Waals surface area contributed by atoms with Crippen molar-refractivity contribution in [2.24, 2.45) is 11.7 Å². The van der Waals surface area contributed by atoms with Gasteiger partial charge in [0.2, 0.25) is 5.91 Å². The zero-order valence-electron chi connectivity index (χ0n) is 12.7. The third-order valence-electron chi connectivity index (χ3n) is 4.15. The van der Waals surface area contributed by atoms with Gasteiger partial charge in [-0.25, -0.2) is 0 Å². The average molecular weight is 269 g/mol. The van der Waals surface area contributed by atoms with Crippen LogP contribution in [-0.2, 0) is 4.79 Å². The lowest BCUT2D eigenvalue weighted by atomic mass is 10.0. The van der Waals surface area contributed by atoms with Crippen molar-refractivity contribution < 1.29 is 4.79 Å². The molecule has 1 saturated heterocycles. The summed E-state index contributed by atoms with van der Waals surface area (Å²) >= 11 is 0. The minimum Gasteiger partial charge on any atom is -0.356 e. The molecule has 0 spiro atoms. The van der Waals surface area contributed by atoms with Crippen LogP contribution in [0, 0.1) is 5.92 Å². The van der Waals surface area contributed by atoms with E-state index in [-0.39, 0.29) is 5.91 Å². The van der Waals surface area contributed by atoms with Crippen molar-refractivity contribution >= 4 is 5.91 Å². The van der Waals surface area contributed by atoms with Gasteiger partial charge in [-0.3, -0.25) is 4.79 Å². The van der Waals surface area contributed by atoms with Crippen LogP contribution >= 0.6 is 0 Å². The minimum absolute atomic E-state index is 0.173. The van der Waals surface area contributed by atoms with Crippen LogP contribution in [0.4, 0.5) is 0 Å². The fourth-order valence-corrected chi connectivity index (χ4v) is 2.58. The first-order valence-corrected chi connectivity index (χ1v) is 7.84. The molecule has 4 heteroatoms. The van der Waals surface area contributed by atoms with Crippen LogP contribution in [0.5, 0.6) is 0 Å². The topological polar surface area (TPSA) is 58.4 Å². The highest BCUT2D eigenvalue weighted by Gasteiger charge is 2.17. The molecule has 0 aliphatic carbocycles. The van der Waals surface area contributed by atoms with Crippen LogP contribution in [0.2, 0.25) is 0 Å². The summed E-state index contributed by atoms with van der Waals surface area (Å²) < 4.78 is 0. The number of hydrogen-bond donors (Lipinski definition) is 2. The fourth-order valence-electron chi connectivity index (χ4n) is 2.58. The lowest BCUT2D eigenvalue weighted by Gasteiger charge is -2.33. The normalized spacial score (nSPS) is 22.2. The number of carbonyl (C=O) groups excluding carboxylic acids is 1. The summed E-state index contributed by atoms with van der Waals surface area (Å²) in [6.07, 6.45) is 6.58. The number of amides is 1. The molecule has 1 fully saturated rings. The molecular weight excluding hydrogens is 238 g/mol. The van der Waals surface area contributed by atoms with E-state index in [1.165, 1.54) is 25.8 Å². The molecule has 0 aromatic carbocycles. The Kier molecular flexibility index (Phi) is 8.07. The number of hydrogen-bond acceptors (Lipinski definition) is 3. The predicted octanol–water partition coefficient (Wildman–Crippen LogP) is 1.74. The first kappa shape index (κ1) is 16.4. The van der Waals surface area contributed by atoms with Gasteiger partial charge in [0.15, 0.2) is 0 Å². The second-order valence-corrected chi connectivity index (χ2v) is 5.96. The molecule has 1 aliphatic rings. The molecule has 1 aliphatic heterocycles. The van der Waals surface area contributed by atoms with Crippen LogP contribution in [0.1, 0.15) is 52.4 Å². The molecule has 2 unspecified atom stereocenters. The molecule has 4 nitrogen and oxygen atoms in total. The molecule has 0 saturated carbocycles. The third kappa shape index (κ3) is 6.92. The van der Waals surface area contributed by atoms with Gasteiger partial charge in [0.1, 0.15) is 0 Å². The molecule has 0 bridgehead atoms. The van der Waals surface area contributed by atoms with Crippen molar-refractivity contribution in [3.8, 4) is 0 Å². The molecule has 1 amide bonds. The Labute approximate surface area is 118 Å². The maximum Gasteiger partial charge on any atom is 0.220 e. The highest BCUT2D eigenvalue weighted by atomic mass is 16.1. The molecule has 19 heavy (non-hydrogen) atoms. The Balaban J connectivity index is 2.02. The van der Waals surface area contributed by atoms with Crippen LogP contribution in [0.25, 0.3) is 0 Å². The lowest BCUT2D eigenvalue weighted by molar-refractivity contribution is -0.121. The maximum atomic E-state index is 11.6. The van der Waals surface area contributed by atoms with Gasteiger partial charge in [0.25, 0.3) is 0 Å². The summed E-state index contributed by atoms with van der Waals surface area (Å²) in [7, 11) is 0. The van der Waals surface area contributed by atoms with Gasteiger partial charge in [-0.15, -0.1) is 0 Å². The highest BCUT2D eigenvalue weighted by Crippen LogP contribution is 2.16. The van der Waals surface area contributed by atoms with Crippen molar-refractivity contribution in [1.29, 1.82) is 0 Å². The van der Waals surface area contributed by atoms with Gasteiger partial charge < -0.3 is 16.0 Å². The molecule has 2 atom stereocenters. The van der Waals surface area contributed by atoms with E-state index >= 15 is 0 Å². The number of likely N-dealkylation sites (tertiary alicyclic amines) is 1. The Hall–Kier alpha value is -0.610. The largest absolute Gasteiger partial charge is 0.356 e. The second kappa shape index (κ2) is 9.32. The van der Waals surface area contributed by atoms with Crippen molar-refractivity contribution in [2.45, 2.75) is 58.4 Å². The summed E-state index contributed by atoms with van der Waals surface area (Å²) in [5.74, 6) is 0.618. The summed E-state index contributed by atoms with van der Waals surface area (Å²) in [6, 6.07) is 0.717. The summed E-state index contributed by atoms with van der Waals surface area (Å²) in [5.41, 5.74) is 5.54. The SMILES string of the molecule is CC(CN)CCC(=O)NCCCN1CCCCC1C. The van der Waals surface area contributed by atoms with Gasteiger partial charge >= 0.3 is 0 Å². The van der Waals surface area contributed by atoms with E-state index in [0.29, 0.717) is 18.9 Å². The number of piperidine rings is 1. The van der Waals surface area contributed by atoms with E-state index in [1.807, 2.05) is 0 Å². The smallest absolute Gasteiger partial charge is 0.220 e. The van der Waals surface area contributed by atoms with E-state index in [1.54, 1.807) is 0 Å². The number of nitrogens with two attached hydrogens (primary N) is 1. The maximum absolute atomic E-state index is 11.6. The Morgan fingerprint density at radius 2 is 2.26 bits per heavy atom. The monoisotopic (exact) mass is 269 g/mol. The standard InChI is InChI=1S/C15H31N3O/c1-13(12-16)7-8-15(19)17-9-5-11-18-10-4-3-6-14(18)2/h13-14H,3-12,16H2,1-2H3,(H,17,19). The Morgan fingerprint density at radius 3 is 2.95 bits per heavy atom. The predicted molar refractivity (Wildman–Crippen MR) is 80.0 cm³/mol. The number of nitrogens with one attached hydrogen (secondary N) is 1. The Morgan fingerprint density at radius 1 is 1.47 bits per heavy atom. The number of rotatable bonds is 8. The molecule has 3 N–H and O–H groups in total. The number of nitrogens with zero attached hydrogens (tertiary/aromatic N) is 1. The van der Waals surface area contributed by atoms with Crippen LogP contribution < -0.4 is 11.1 Å². The van der Waals surface area contributed by atoms with Gasteiger partial charge in [0, 0.05) is 25.6 Å². The van der Waals surface area contributed by atoms with Crippen LogP contribution in [0.15, 0.2) is 0 Å². The molecule has 0 aromatic heterocycles. The van der Waals surface area contributed by atoms with E-state index in [9.17, 15) is 4.79 Å². The summed E-state index contributed by atoms with van der Waals surface area (Å²) in [5, 5.41) is 3.01. The fraction of sp³-hybridized carbons (Fsp3) is 0.933. The first-order valence-electron chi connectivity index (χ1n) is 7.84. The molecular formula is C15H31N3O. The minimum atomic E-state index is 0.173. The second-order valence-electron chi connectivity index (χ2n) is 5.96. The first-order chi connectivity index (χ1) is 9.13. The molecule has 112 valence electrons. The molecule has 1 rings (SSSR count). The van der Waals surface area contributed by atoms with Crippen molar-refractivity contribution in [1.82, 2.24) is 10.2 Å². The third-order valence-corrected chi connectivity index (χ3v) is 4.15. The van der Waals surface area contributed by atoms with Crippen molar-refractivity contribution in [3.63, 3.8) is 0 Å². The van der Waals surface area contributed by atoms with Gasteiger partial charge in [-0.1, -0.05) is 13.3 Å². The molecule has 0 aromatic rings. The van der Waals surface area contributed by atoms with E-state index in [0.717, 1.165) is 32.0 Å². The van der Waals surface area contributed by atoms with Gasteiger partial charge in [-0.05, 0) is 51.6 Å². The van der Waals surface area contributed by atoms with E-state index < -0.39 is 0 Å². The van der Waals surface area contributed by atoms with E-state index in [4.69, 9.17) is 5.73 Å². The zero-order valence-corrected chi connectivity index (χ0v) is 12.7. The highest BCUT2D eigenvalue weighted by molar-refractivity contribution is 5.75. The molecule has 1 heterocycles. The number of carbonyl (C=O) groups is 1. The van der Waals surface area contributed by atoms with E-state index in [2.05, 4.69) is 24.1 Å². The van der Waals surface area contributed by atoms with Gasteiger partial charge in [-0.2, -0.15) is 0 Å². The van der Waals surface area contributed by atoms with Gasteiger partial charge in [0.05, 0.1) is 0 Å². The Bertz CT molecular complexity index is 258. The lowest BCUT2D eigenvalue weighted by Crippen LogP contribution is -2.39. The van der Waals surface area contributed by atoms with Crippen molar-refractivity contribution in [2.75, 3.05) is 26.2 Å². The summed E-state index contributed by atoms with van der Waals surface area (Å²) in [6.45, 7) is 8.21. The molecule has 0 radical (unpaired) electrons. The van der Waals surface area contributed by atoms with Crippen LogP contribution in [0.3, 0.4) is 0 Å². The van der Waals surface area contributed by atoms with Crippen molar-refractivity contribution in [3.05, 3.63) is 0 Å². The zero-order chi connectivity index (χ0) is 14.1. The summed E-state index contributed by atoms with van der Waals surface area (Å²) in [4.78, 5) is 14.2. The quantitative estimate of drug-likeness (QED) is 0.660. The average Bonchev–Trinajstić information content (AvgIpc) is 2.42. The van der Waals surface area contributed by atoms with Crippen LogP contribution in [-0.4, -0.2) is 43.0 Å².